The maximum atomic E-state index is 13.4. The molecule has 2 atom stereocenters. The first-order chi connectivity index (χ1) is 9.72. The fourth-order valence-corrected chi connectivity index (χ4v) is 3.92. The molecule has 2 fully saturated rings. The van der Waals surface area contributed by atoms with Crippen molar-refractivity contribution in [3.63, 3.8) is 0 Å². The minimum Gasteiger partial charge on any atom is -0.327 e. The Morgan fingerprint density at radius 3 is 2.65 bits per heavy atom. The fourth-order valence-electron chi connectivity index (χ4n) is 3.92. The van der Waals surface area contributed by atoms with E-state index in [0.717, 1.165) is 25.1 Å². The van der Waals surface area contributed by atoms with Gasteiger partial charge in [0.25, 0.3) is 0 Å². The van der Waals surface area contributed by atoms with Crippen LogP contribution < -0.4 is 5.73 Å². The molecule has 1 aliphatic heterocycles. The zero-order valence-corrected chi connectivity index (χ0v) is 12.1. The zero-order chi connectivity index (χ0) is 13.9. The number of likely N-dealkylation sites (tertiary alicyclic amines) is 1. The average molecular weight is 276 g/mol. The van der Waals surface area contributed by atoms with Gasteiger partial charge in [0.2, 0.25) is 0 Å². The van der Waals surface area contributed by atoms with Gasteiger partial charge in [-0.3, -0.25) is 4.90 Å². The van der Waals surface area contributed by atoms with E-state index < -0.39 is 0 Å². The summed E-state index contributed by atoms with van der Waals surface area (Å²) in [4.78, 5) is 2.57. The molecule has 0 aromatic heterocycles. The Balaban J connectivity index is 1.72. The summed E-state index contributed by atoms with van der Waals surface area (Å²) >= 11 is 0. The van der Waals surface area contributed by atoms with Gasteiger partial charge in [-0.05, 0) is 42.9 Å². The molecule has 1 saturated carbocycles. The van der Waals surface area contributed by atoms with Crippen molar-refractivity contribution in [1.29, 1.82) is 0 Å². The van der Waals surface area contributed by atoms with Crippen LogP contribution in [-0.2, 0) is 0 Å². The smallest absolute Gasteiger partial charge is 0.123 e. The second-order valence-corrected chi connectivity index (χ2v) is 6.49. The molecule has 2 aliphatic rings. The normalized spacial score (nSPS) is 29.5. The van der Waals surface area contributed by atoms with Crippen molar-refractivity contribution in [2.75, 3.05) is 13.1 Å². The Morgan fingerprint density at radius 2 is 1.90 bits per heavy atom. The van der Waals surface area contributed by atoms with Gasteiger partial charge >= 0.3 is 0 Å². The summed E-state index contributed by atoms with van der Waals surface area (Å²) in [5.41, 5.74) is 7.37. The van der Waals surface area contributed by atoms with E-state index in [1.807, 2.05) is 12.1 Å². The average Bonchev–Trinajstić information content (AvgIpc) is 2.47. The van der Waals surface area contributed by atoms with Crippen molar-refractivity contribution in [3.8, 4) is 0 Å². The minimum absolute atomic E-state index is 0.133. The van der Waals surface area contributed by atoms with Gasteiger partial charge in [0.15, 0.2) is 0 Å². The Kier molecular flexibility index (Phi) is 4.37. The molecular weight excluding hydrogens is 251 g/mol. The predicted molar refractivity (Wildman–Crippen MR) is 80.2 cm³/mol. The Bertz CT molecular complexity index is 442. The second kappa shape index (κ2) is 6.23. The largest absolute Gasteiger partial charge is 0.327 e. The van der Waals surface area contributed by atoms with Gasteiger partial charge in [0, 0.05) is 25.2 Å². The zero-order valence-electron chi connectivity index (χ0n) is 12.1. The number of nitrogens with zero attached hydrogens (tertiary/aromatic N) is 1. The van der Waals surface area contributed by atoms with Crippen LogP contribution in [0.3, 0.4) is 0 Å². The van der Waals surface area contributed by atoms with Crippen LogP contribution in [0.15, 0.2) is 24.3 Å². The first kappa shape index (κ1) is 14.0. The van der Waals surface area contributed by atoms with Gasteiger partial charge in [-0.2, -0.15) is 0 Å². The molecule has 2 N–H and O–H groups in total. The van der Waals surface area contributed by atoms with E-state index in [-0.39, 0.29) is 11.9 Å². The molecule has 1 heterocycles. The van der Waals surface area contributed by atoms with Gasteiger partial charge in [-0.15, -0.1) is 0 Å². The summed E-state index contributed by atoms with van der Waals surface area (Å²) in [7, 11) is 0. The Labute approximate surface area is 121 Å². The van der Waals surface area contributed by atoms with Crippen LogP contribution >= 0.6 is 0 Å². The molecule has 110 valence electrons. The van der Waals surface area contributed by atoms with E-state index >= 15 is 0 Å². The second-order valence-electron chi connectivity index (χ2n) is 6.49. The first-order valence-corrected chi connectivity index (χ1v) is 7.97. The number of nitrogens with two attached hydrogens (primary N) is 1. The van der Waals surface area contributed by atoms with Gasteiger partial charge in [-0.25, -0.2) is 4.39 Å². The van der Waals surface area contributed by atoms with E-state index in [2.05, 4.69) is 4.90 Å². The summed E-state index contributed by atoms with van der Waals surface area (Å²) in [6.45, 7) is 2.05. The van der Waals surface area contributed by atoms with Gasteiger partial charge < -0.3 is 5.73 Å². The maximum absolute atomic E-state index is 13.4. The minimum atomic E-state index is -0.133. The highest BCUT2D eigenvalue weighted by atomic mass is 19.1. The van der Waals surface area contributed by atoms with E-state index in [0.29, 0.717) is 12.0 Å². The van der Waals surface area contributed by atoms with Crippen molar-refractivity contribution in [3.05, 3.63) is 35.6 Å². The van der Waals surface area contributed by atoms with E-state index in [1.54, 1.807) is 6.07 Å². The maximum Gasteiger partial charge on any atom is 0.123 e. The Morgan fingerprint density at radius 1 is 1.10 bits per heavy atom. The molecule has 2 unspecified atom stereocenters. The van der Waals surface area contributed by atoms with E-state index in [1.165, 1.54) is 38.2 Å². The SMILES string of the molecule is NC1CC(c2cccc(F)c2)CN(C2CCCCC2)C1. The highest BCUT2D eigenvalue weighted by Crippen LogP contribution is 2.31. The Hall–Kier alpha value is -0.930. The molecule has 1 saturated heterocycles. The number of hydrogen-bond acceptors (Lipinski definition) is 2. The number of benzene rings is 1. The molecule has 0 radical (unpaired) electrons. The highest BCUT2D eigenvalue weighted by Gasteiger charge is 2.31. The summed E-state index contributed by atoms with van der Waals surface area (Å²) in [5, 5.41) is 0. The van der Waals surface area contributed by atoms with Crippen molar-refractivity contribution in [2.24, 2.45) is 5.73 Å². The van der Waals surface area contributed by atoms with E-state index in [4.69, 9.17) is 5.73 Å². The predicted octanol–water partition coefficient (Wildman–Crippen LogP) is 3.28. The molecule has 3 heteroatoms. The summed E-state index contributed by atoms with van der Waals surface area (Å²) in [6.07, 6.45) is 7.67. The lowest BCUT2D eigenvalue weighted by Crippen LogP contribution is -2.50. The monoisotopic (exact) mass is 276 g/mol. The summed E-state index contributed by atoms with van der Waals surface area (Å²) in [6, 6.07) is 7.98. The van der Waals surface area contributed by atoms with E-state index in [9.17, 15) is 4.39 Å². The standard InChI is InChI=1S/C17H25FN2/c18-15-6-4-5-13(9-15)14-10-16(19)12-20(11-14)17-7-2-1-3-8-17/h4-6,9,14,16-17H,1-3,7-8,10-12,19H2. The third-order valence-electron chi connectivity index (χ3n) is 4.92. The molecule has 0 bridgehead atoms. The molecule has 0 spiro atoms. The third kappa shape index (κ3) is 3.21. The first-order valence-electron chi connectivity index (χ1n) is 7.97. The lowest BCUT2D eigenvalue weighted by Gasteiger charge is -2.42. The molecule has 20 heavy (non-hydrogen) atoms. The van der Waals surface area contributed by atoms with Crippen LogP contribution in [0.1, 0.15) is 50.0 Å². The molecule has 3 rings (SSSR count). The van der Waals surface area contributed by atoms with Crippen molar-refractivity contribution in [1.82, 2.24) is 4.90 Å². The van der Waals surface area contributed by atoms with Crippen LogP contribution in [-0.4, -0.2) is 30.1 Å². The summed E-state index contributed by atoms with van der Waals surface area (Å²) in [5.74, 6) is 0.252. The molecular formula is C17H25FN2. The topological polar surface area (TPSA) is 29.3 Å². The number of rotatable bonds is 2. The lowest BCUT2D eigenvalue weighted by molar-refractivity contribution is 0.107. The van der Waals surface area contributed by atoms with Crippen molar-refractivity contribution < 1.29 is 4.39 Å². The van der Waals surface area contributed by atoms with Crippen molar-refractivity contribution in [2.45, 2.75) is 56.5 Å². The van der Waals surface area contributed by atoms with Crippen LogP contribution in [0.25, 0.3) is 0 Å². The molecule has 0 amide bonds. The quantitative estimate of drug-likeness (QED) is 0.898. The van der Waals surface area contributed by atoms with Crippen LogP contribution in [0, 0.1) is 5.82 Å². The van der Waals surface area contributed by atoms with Crippen LogP contribution in [0.4, 0.5) is 4.39 Å². The molecule has 1 aromatic rings. The number of hydrogen-bond donors (Lipinski definition) is 1. The van der Waals surface area contributed by atoms with Gasteiger partial charge in [0.1, 0.15) is 5.82 Å². The van der Waals surface area contributed by atoms with Crippen molar-refractivity contribution >= 4 is 0 Å². The molecule has 1 aliphatic carbocycles. The van der Waals surface area contributed by atoms with Gasteiger partial charge in [0.05, 0.1) is 0 Å². The number of halogens is 1. The molecule has 2 nitrogen and oxygen atoms in total. The summed E-state index contributed by atoms with van der Waals surface area (Å²) < 4.78 is 13.4. The fraction of sp³-hybridized carbons (Fsp3) is 0.647. The molecule has 1 aromatic carbocycles. The van der Waals surface area contributed by atoms with Crippen LogP contribution in [0.5, 0.6) is 0 Å². The number of piperidine rings is 1. The van der Waals surface area contributed by atoms with Crippen LogP contribution in [0.2, 0.25) is 0 Å². The third-order valence-corrected chi connectivity index (χ3v) is 4.92. The van der Waals surface area contributed by atoms with Gasteiger partial charge in [-0.1, -0.05) is 31.4 Å². The lowest BCUT2D eigenvalue weighted by atomic mass is 9.85. The highest BCUT2D eigenvalue weighted by molar-refractivity contribution is 5.22.